The van der Waals surface area contributed by atoms with Crippen molar-refractivity contribution < 1.29 is 23.9 Å². The molecule has 4 amide bonds. The number of carbonyl (C=O) groups excluding carboxylic acids is 4. The SMILES string of the molecule is CCCCNC(=O)[C@@H](CC)N(Cc1ccc(OC)cc1)C(=O)CCCN1C(=O)c2ccccc2C1=O. The second kappa shape index (κ2) is 12.9. The maximum atomic E-state index is 13.4. The normalized spacial score (nSPS) is 13.4. The number of carbonyl (C=O) groups is 4. The number of amides is 4. The van der Waals surface area contributed by atoms with E-state index in [1.807, 2.05) is 31.2 Å². The Morgan fingerprint density at radius 2 is 1.61 bits per heavy atom. The monoisotopic (exact) mass is 493 g/mol. The molecule has 1 aliphatic rings. The summed E-state index contributed by atoms with van der Waals surface area (Å²) in [6, 6.07) is 13.5. The fraction of sp³-hybridized carbons (Fsp3) is 0.429. The number of ether oxygens (including phenoxy) is 1. The Hall–Kier alpha value is -3.68. The minimum Gasteiger partial charge on any atom is -0.497 e. The van der Waals surface area contributed by atoms with Crippen molar-refractivity contribution in [3.63, 3.8) is 0 Å². The smallest absolute Gasteiger partial charge is 0.261 e. The average molecular weight is 494 g/mol. The molecule has 0 saturated carbocycles. The molecule has 1 aliphatic heterocycles. The second-order valence-electron chi connectivity index (χ2n) is 8.85. The summed E-state index contributed by atoms with van der Waals surface area (Å²) < 4.78 is 5.22. The van der Waals surface area contributed by atoms with E-state index in [4.69, 9.17) is 4.74 Å². The van der Waals surface area contributed by atoms with Crippen molar-refractivity contribution in [2.45, 2.75) is 58.5 Å². The first-order valence-electron chi connectivity index (χ1n) is 12.6. The molecule has 2 aromatic rings. The molecule has 2 aromatic carbocycles. The van der Waals surface area contributed by atoms with Crippen LogP contribution < -0.4 is 10.1 Å². The molecule has 8 nitrogen and oxygen atoms in total. The summed E-state index contributed by atoms with van der Waals surface area (Å²) in [5.74, 6) is -0.324. The number of rotatable bonds is 13. The topological polar surface area (TPSA) is 96.0 Å². The number of nitrogens with zero attached hydrogens (tertiary/aromatic N) is 2. The number of benzene rings is 2. The quantitative estimate of drug-likeness (QED) is 0.338. The van der Waals surface area contributed by atoms with Crippen molar-refractivity contribution >= 4 is 23.6 Å². The van der Waals surface area contributed by atoms with Gasteiger partial charge in [-0.2, -0.15) is 0 Å². The lowest BCUT2D eigenvalue weighted by Gasteiger charge is -2.31. The van der Waals surface area contributed by atoms with E-state index in [0.29, 0.717) is 36.3 Å². The van der Waals surface area contributed by atoms with Gasteiger partial charge in [0.15, 0.2) is 0 Å². The standard InChI is InChI=1S/C28H35N3O5/c1-4-6-17-29-26(33)24(5-2)31(19-20-13-15-21(36-3)16-14-20)25(32)12-9-18-30-27(34)22-10-7-8-11-23(22)28(30)35/h7-8,10-11,13-16,24H,4-6,9,12,17-19H2,1-3H3,(H,29,33)/t24-/m1/s1. The van der Waals surface area contributed by atoms with Gasteiger partial charge in [0, 0.05) is 26.1 Å². The average Bonchev–Trinajstić information content (AvgIpc) is 3.14. The van der Waals surface area contributed by atoms with Gasteiger partial charge in [-0.05, 0) is 49.1 Å². The molecule has 1 atom stereocenters. The minimum absolute atomic E-state index is 0.113. The van der Waals surface area contributed by atoms with E-state index in [1.165, 1.54) is 4.90 Å². The van der Waals surface area contributed by atoms with Crippen molar-refractivity contribution in [3.05, 3.63) is 65.2 Å². The number of imide groups is 1. The first kappa shape index (κ1) is 26.9. The molecule has 0 saturated heterocycles. The summed E-state index contributed by atoms with van der Waals surface area (Å²) in [7, 11) is 1.59. The predicted octanol–water partition coefficient (Wildman–Crippen LogP) is 3.80. The second-order valence-corrected chi connectivity index (χ2v) is 8.85. The molecule has 0 fully saturated rings. The lowest BCUT2D eigenvalue weighted by atomic mass is 10.1. The van der Waals surface area contributed by atoms with Crippen molar-refractivity contribution in [3.8, 4) is 5.75 Å². The molecule has 0 radical (unpaired) electrons. The zero-order valence-corrected chi connectivity index (χ0v) is 21.3. The summed E-state index contributed by atoms with van der Waals surface area (Å²) >= 11 is 0. The maximum absolute atomic E-state index is 13.4. The number of fused-ring (bicyclic) bond motifs is 1. The fourth-order valence-corrected chi connectivity index (χ4v) is 4.33. The van der Waals surface area contributed by atoms with Crippen LogP contribution in [0.1, 0.15) is 72.2 Å². The lowest BCUT2D eigenvalue weighted by Crippen LogP contribution is -2.49. The Balaban J connectivity index is 1.69. The van der Waals surface area contributed by atoms with E-state index in [-0.39, 0.29) is 43.1 Å². The third-order valence-electron chi connectivity index (χ3n) is 6.38. The van der Waals surface area contributed by atoms with Crippen molar-refractivity contribution in [1.29, 1.82) is 0 Å². The Kier molecular flexibility index (Phi) is 9.61. The molecule has 0 aliphatic carbocycles. The van der Waals surface area contributed by atoms with Crippen LogP contribution in [0.5, 0.6) is 5.75 Å². The summed E-state index contributed by atoms with van der Waals surface area (Å²) in [5.41, 5.74) is 1.67. The van der Waals surface area contributed by atoms with Gasteiger partial charge in [-0.1, -0.05) is 44.5 Å². The van der Waals surface area contributed by atoms with Crippen LogP contribution in [-0.2, 0) is 16.1 Å². The van der Waals surface area contributed by atoms with Gasteiger partial charge in [0.2, 0.25) is 11.8 Å². The molecular formula is C28H35N3O5. The Labute approximate surface area is 212 Å². The van der Waals surface area contributed by atoms with E-state index in [9.17, 15) is 19.2 Å². The summed E-state index contributed by atoms with van der Waals surface area (Å²) in [6.45, 7) is 4.92. The number of methoxy groups -OCH3 is 1. The van der Waals surface area contributed by atoms with Crippen molar-refractivity contribution in [2.75, 3.05) is 20.2 Å². The van der Waals surface area contributed by atoms with Gasteiger partial charge >= 0.3 is 0 Å². The van der Waals surface area contributed by atoms with E-state index in [0.717, 1.165) is 18.4 Å². The minimum atomic E-state index is -0.615. The highest BCUT2D eigenvalue weighted by Gasteiger charge is 2.35. The zero-order chi connectivity index (χ0) is 26.1. The van der Waals surface area contributed by atoms with Gasteiger partial charge in [0.25, 0.3) is 11.8 Å². The summed E-state index contributed by atoms with van der Waals surface area (Å²) in [6.07, 6.45) is 2.73. The summed E-state index contributed by atoms with van der Waals surface area (Å²) in [5, 5.41) is 2.95. The Bertz CT molecular complexity index is 1050. The Morgan fingerprint density at radius 3 is 2.17 bits per heavy atom. The molecule has 36 heavy (non-hydrogen) atoms. The lowest BCUT2D eigenvalue weighted by molar-refractivity contribution is -0.141. The van der Waals surface area contributed by atoms with Crippen LogP contribution in [0.2, 0.25) is 0 Å². The zero-order valence-electron chi connectivity index (χ0n) is 21.3. The predicted molar refractivity (Wildman–Crippen MR) is 137 cm³/mol. The van der Waals surface area contributed by atoms with E-state index < -0.39 is 6.04 Å². The van der Waals surface area contributed by atoms with Gasteiger partial charge < -0.3 is 15.0 Å². The maximum Gasteiger partial charge on any atom is 0.261 e. The van der Waals surface area contributed by atoms with Gasteiger partial charge in [-0.25, -0.2) is 0 Å². The van der Waals surface area contributed by atoms with Crippen LogP contribution in [-0.4, -0.2) is 59.7 Å². The van der Waals surface area contributed by atoms with E-state index >= 15 is 0 Å². The van der Waals surface area contributed by atoms with Crippen LogP contribution in [0.4, 0.5) is 0 Å². The molecular weight excluding hydrogens is 458 g/mol. The Morgan fingerprint density at radius 1 is 0.972 bits per heavy atom. The highest BCUT2D eigenvalue weighted by atomic mass is 16.5. The fourth-order valence-electron chi connectivity index (χ4n) is 4.33. The number of unbranched alkanes of at least 4 members (excludes halogenated alkanes) is 1. The number of hydrogen-bond acceptors (Lipinski definition) is 5. The van der Waals surface area contributed by atoms with Crippen LogP contribution in [0.15, 0.2) is 48.5 Å². The largest absolute Gasteiger partial charge is 0.497 e. The van der Waals surface area contributed by atoms with E-state index in [2.05, 4.69) is 12.2 Å². The first-order chi connectivity index (χ1) is 17.4. The van der Waals surface area contributed by atoms with E-state index in [1.54, 1.807) is 36.3 Å². The van der Waals surface area contributed by atoms with Gasteiger partial charge in [-0.3, -0.25) is 24.1 Å². The molecule has 0 unspecified atom stereocenters. The molecule has 0 bridgehead atoms. The number of hydrogen-bond donors (Lipinski definition) is 1. The molecule has 1 heterocycles. The molecule has 0 aromatic heterocycles. The summed E-state index contributed by atoms with van der Waals surface area (Å²) in [4.78, 5) is 54.4. The van der Waals surface area contributed by atoms with Crippen molar-refractivity contribution in [2.24, 2.45) is 0 Å². The highest BCUT2D eigenvalue weighted by Crippen LogP contribution is 2.23. The molecule has 1 N–H and O–H groups in total. The van der Waals surface area contributed by atoms with Crippen LogP contribution >= 0.6 is 0 Å². The first-order valence-corrected chi connectivity index (χ1v) is 12.6. The third-order valence-corrected chi connectivity index (χ3v) is 6.38. The van der Waals surface area contributed by atoms with Gasteiger partial charge in [-0.15, -0.1) is 0 Å². The van der Waals surface area contributed by atoms with Crippen LogP contribution in [0.25, 0.3) is 0 Å². The van der Waals surface area contributed by atoms with Gasteiger partial charge in [0.05, 0.1) is 18.2 Å². The number of nitrogens with one attached hydrogen (secondary N) is 1. The molecule has 8 heteroatoms. The molecule has 192 valence electrons. The third kappa shape index (κ3) is 6.30. The highest BCUT2D eigenvalue weighted by molar-refractivity contribution is 6.21. The molecule has 3 rings (SSSR count). The molecule has 0 spiro atoms. The van der Waals surface area contributed by atoms with Crippen LogP contribution in [0.3, 0.4) is 0 Å². The van der Waals surface area contributed by atoms with Crippen LogP contribution in [0, 0.1) is 0 Å². The van der Waals surface area contributed by atoms with Crippen molar-refractivity contribution in [1.82, 2.24) is 15.1 Å². The van der Waals surface area contributed by atoms with Gasteiger partial charge in [0.1, 0.15) is 11.8 Å².